The van der Waals surface area contributed by atoms with Crippen molar-refractivity contribution in [3.8, 4) is 0 Å². The lowest BCUT2D eigenvalue weighted by molar-refractivity contribution is -0.282. The van der Waals surface area contributed by atoms with Crippen molar-refractivity contribution in [1.82, 2.24) is 0 Å². The highest BCUT2D eigenvalue weighted by Crippen LogP contribution is 2.85. The Hall–Kier alpha value is -1.05. The van der Waals surface area contributed by atoms with Gasteiger partial charge in [0.25, 0.3) is 0 Å². The predicted octanol–water partition coefficient (Wildman–Crippen LogP) is 5.83. The summed E-state index contributed by atoms with van der Waals surface area (Å²) in [4.78, 5) is 13.5. The number of esters is 1. The zero-order valence-electron chi connectivity index (χ0n) is 17.3. The molecule has 1 spiro atoms. The quantitative estimate of drug-likeness (QED) is 0.546. The smallest absolute Gasteiger partial charge is 0.312 e. The molecule has 4 saturated carbocycles. The van der Waals surface area contributed by atoms with Crippen LogP contribution in [-0.2, 0) is 9.53 Å². The van der Waals surface area contributed by atoms with Crippen LogP contribution in [0.15, 0.2) is 23.3 Å². The van der Waals surface area contributed by atoms with Gasteiger partial charge in [-0.15, -0.1) is 0 Å². The number of allylic oxidation sites excluding steroid dienone is 4. The standard InChI is InChI=1S/C25H34O2/c1-16(2)17-5-7-19-18(11-17)6-8-20-22(19,3)9-4-10-25(20)21(26)27-15-23-12-24(25,13-23)14-23/h6,11,16,19-20H,4-5,7-10,12-15H2,1-3H3. The fraction of sp³-hybridized carbons (Fsp3) is 0.800. The Bertz CT molecular complexity index is 766. The Morgan fingerprint density at radius 2 is 1.96 bits per heavy atom. The maximum absolute atomic E-state index is 13.5. The first kappa shape index (κ1) is 16.9. The number of carbonyl (C=O) groups excluding carboxylic acids is 1. The molecule has 9 aliphatic rings. The van der Waals surface area contributed by atoms with Crippen LogP contribution >= 0.6 is 0 Å². The highest BCUT2D eigenvalue weighted by atomic mass is 16.5. The third-order valence-electron chi connectivity index (χ3n) is 10.2. The first-order valence-electron chi connectivity index (χ1n) is 11.4. The van der Waals surface area contributed by atoms with E-state index in [0.29, 0.717) is 35.2 Å². The van der Waals surface area contributed by atoms with Crippen molar-refractivity contribution in [2.24, 2.45) is 39.4 Å². The summed E-state index contributed by atoms with van der Waals surface area (Å²) in [7, 11) is 0. The first-order valence-corrected chi connectivity index (χ1v) is 11.4. The van der Waals surface area contributed by atoms with E-state index in [2.05, 4.69) is 32.9 Å². The van der Waals surface area contributed by atoms with Crippen LogP contribution < -0.4 is 0 Å². The number of carbonyl (C=O) groups is 1. The van der Waals surface area contributed by atoms with Gasteiger partial charge in [-0.25, -0.2) is 0 Å². The molecule has 0 aromatic carbocycles. The normalized spacial score (nSPS) is 52.5. The lowest BCUT2D eigenvalue weighted by atomic mass is 9.25. The fourth-order valence-corrected chi connectivity index (χ4v) is 9.10. The van der Waals surface area contributed by atoms with E-state index in [9.17, 15) is 4.79 Å². The van der Waals surface area contributed by atoms with Crippen molar-refractivity contribution in [3.05, 3.63) is 23.3 Å². The Labute approximate surface area is 163 Å². The molecule has 2 nitrogen and oxygen atoms in total. The minimum absolute atomic E-state index is 0.178. The maximum Gasteiger partial charge on any atom is 0.312 e. The van der Waals surface area contributed by atoms with Crippen LogP contribution in [0.2, 0.25) is 0 Å². The second-order valence-corrected chi connectivity index (χ2v) is 11.7. The minimum Gasteiger partial charge on any atom is -0.465 e. The van der Waals surface area contributed by atoms with E-state index in [1.807, 2.05) is 0 Å². The maximum atomic E-state index is 13.5. The molecule has 3 heterocycles. The molecule has 0 N–H and O–H groups in total. The predicted molar refractivity (Wildman–Crippen MR) is 106 cm³/mol. The van der Waals surface area contributed by atoms with Gasteiger partial charge in [0.05, 0.1) is 12.0 Å². The summed E-state index contributed by atoms with van der Waals surface area (Å²) < 4.78 is 6.00. The molecule has 6 aliphatic carbocycles. The zero-order chi connectivity index (χ0) is 18.7. The molecule has 0 aromatic heterocycles. The van der Waals surface area contributed by atoms with Crippen LogP contribution in [0.25, 0.3) is 0 Å². The van der Waals surface area contributed by atoms with Gasteiger partial charge in [0.2, 0.25) is 0 Å². The highest BCUT2D eigenvalue weighted by Gasteiger charge is 2.82. The molecular weight excluding hydrogens is 332 g/mol. The molecule has 27 heavy (non-hydrogen) atoms. The van der Waals surface area contributed by atoms with Gasteiger partial charge < -0.3 is 4.74 Å². The minimum atomic E-state index is -0.178. The number of ether oxygens (including phenoxy) is 1. The highest BCUT2D eigenvalue weighted by molar-refractivity contribution is 5.81. The molecule has 3 aliphatic heterocycles. The van der Waals surface area contributed by atoms with Gasteiger partial charge in [-0.05, 0) is 85.5 Å². The van der Waals surface area contributed by atoms with Gasteiger partial charge in [0.15, 0.2) is 0 Å². The molecule has 0 aromatic rings. The summed E-state index contributed by atoms with van der Waals surface area (Å²) >= 11 is 0. The van der Waals surface area contributed by atoms with E-state index in [-0.39, 0.29) is 16.8 Å². The molecular formula is C25H34O2. The van der Waals surface area contributed by atoms with Gasteiger partial charge >= 0.3 is 5.97 Å². The largest absolute Gasteiger partial charge is 0.465 e. The second-order valence-electron chi connectivity index (χ2n) is 11.7. The van der Waals surface area contributed by atoms with E-state index in [4.69, 9.17) is 4.74 Å². The summed E-state index contributed by atoms with van der Waals surface area (Å²) in [5, 5.41) is 0. The molecule has 2 heteroatoms. The van der Waals surface area contributed by atoms with Crippen LogP contribution in [-0.4, -0.2) is 12.6 Å². The van der Waals surface area contributed by atoms with Crippen molar-refractivity contribution < 1.29 is 9.53 Å². The number of hydrogen-bond acceptors (Lipinski definition) is 2. The van der Waals surface area contributed by atoms with Gasteiger partial charge in [-0.3, -0.25) is 4.79 Å². The van der Waals surface area contributed by atoms with Crippen LogP contribution in [0.4, 0.5) is 0 Å². The molecule has 9 rings (SSSR count). The summed E-state index contributed by atoms with van der Waals surface area (Å²) in [6.45, 7) is 7.92. The summed E-state index contributed by atoms with van der Waals surface area (Å²) in [5.41, 5.74) is 4.00. The first-order chi connectivity index (χ1) is 12.8. The van der Waals surface area contributed by atoms with E-state index < -0.39 is 0 Å². The molecule has 4 atom stereocenters. The fourth-order valence-electron chi connectivity index (χ4n) is 9.10. The monoisotopic (exact) mass is 366 g/mol. The average molecular weight is 367 g/mol. The number of fused-ring (bicyclic) bond motifs is 3. The molecule has 3 saturated heterocycles. The third kappa shape index (κ3) is 1.78. The Morgan fingerprint density at radius 3 is 2.70 bits per heavy atom. The van der Waals surface area contributed by atoms with Gasteiger partial charge in [0, 0.05) is 5.41 Å². The van der Waals surface area contributed by atoms with E-state index >= 15 is 0 Å². The summed E-state index contributed by atoms with van der Waals surface area (Å²) in [5.74, 6) is 1.99. The van der Waals surface area contributed by atoms with Crippen molar-refractivity contribution in [1.29, 1.82) is 0 Å². The van der Waals surface area contributed by atoms with Gasteiger partial charge in [-0.1, -0.05) is 44.9 Å². The van der Waals surface area contributed by atoms with Crippen molar-refractivity contribution in [2.75, 3.05) is 6.61 Å². The molecule has 0 amide bonds. The zero-order valence-corrected chi connectivity index (χ0v) is 17.3. The second kappa shape index (κ2) is 4.92. The Balaban J connectivity index is 1.45. The molecule has 4 unspecified atom stereocenters. The van der Waals surface area contributed by atoms with Crippen LogP contribution in [0.3, 0.4) is 0 Å². The average Bonchev–Trinajstić information content (AvgIpc) is 2.80. The lowest BCUT2D eigenvalue weighted by Crippen LogP contribution is -2.73. The Kier molecular flexibility index (Phi) is 3.07. The molecule has 0 radical (unpaired) electrons. The SMILES string of the molecule is CC(C)C1=CC2=CCC3C(C)(CCCC34C(=O)OCC35CC4(C3)C5)C2CC1. The van der Waals surface area contributed by atoms with Crippen molar-refractivity contribution in [3.63, 3.8) is 0 Å². The van der Waals surface area contributed by atoms with Crippen molar-refractivity contribution >= 4 is 5.97 Å². The van der Waals surface area contributed by atoms with E-state index in [1.54, 1.807) is 11.1 Å². The van der Waals surface area contributed by atoms with E-state index in [0.717, 1.165) is 12.8 Å². The van der Waals surface area contributed by atoms with Gasteiger partial charge in [0.1, 0.15) is 0 Å². The van der Waals surface area contributed by atoms with Crippen LogP contribution in [0.5, 0.6) is 0 Å². The number of rotatable bonds is 1. The molecule has 7 fully saturated rings. The Morgan fingerprint density at radius 1 is 1.19 bits per heavy atom. The van der Waals surface area contributed by atoms with Crippen LogP contribution in [0.1, 0.15) is 78.6 Å². The van der Waals surface area contributed by atoms with Gasteiger partial charge in [-0.2, -0.15) is 0 Å². The summed E-state index contributed by atoms with van der Waals surface area (Å²) in [6.07, 6.45) is 16.1. The number of hydrogen-bond donors (Lipinski definition) is 0. The third-order valence-corrected chi connectivity index (χ3v) is 10.2. The van der Waals surface area contributed by atoms with Crippen molar-refractivity contribution in [2.45, 2.75) is 78.6 Å². The van der Waals surface area contributed by atoms with Crippen LogP contribution in [0, 0.1) is 39.4 Å². The lowest BCUT2D eigenvalue weighted by Gasteiger charge is -2.76. The van der Waals surface area contributed by atoms with E-state index in [1.165, 1.54) is 44.9 Å². The molecule has 146 valence electrons. The molecule has 2 bridgehead atoms. The summed E-state index contributed by atoms with van der Waals surface area (Å²) in [6, 6.07) is 0. The topological polar surface area (TPSA) is 26.3 Å².